The number of carbonyl (C=O) groups excluding carboxylic acids is 2. The van der Waals surface area contributed by atoms with E-state index in [1.807, 2.05) is 200 Å². The molecule has 0 spiro atoms. The third-order valence-electron chi connectivity index (χ3n) is 11.5. The van der Waals surface area contributed by atoms with Crippen LogP contribution in [0.2, 0.25) is 0 Å². The summed E-state index contributed by atoms with van der Waals surface area (Å²) in [4.78, 5) is 48.5. The number of carbonyl (C=O) groups is 2. The minimum Gasteiger partial charge on any atom is -0.492 e. The second-order valence-electron chi connectivity index (χ2n) is 16.0. The Balaban J connectivity index is 0.000000113. The van der Waals surface area contributed by atoms with E-state index in [4.69, 9.17) is 18.3 Å². The van der Waals surface area contributed by atoms with Crippen molar-refractivity contribution in [3.8, 4) is 33.9 Å². The monoisotopic (exact) mass is 892 g/mol. The minimum atomic E-state index is -0.175. The molecule has 0 bridgehead atoms. The first kappa shape index (κ1) is 44.3. The fourth-order valence-corrected chi connectivity index (χ4v) is 8.04. The van der Waals surface area contributed by atoms with Crippen LogP contribution in [0.5, 0.6) is 11.5 Å². The highest BCUT2D eigenvalue weighted by atomic mass is 16.5. The van der Waals surface area contributed by atoms with Gasteiger partial charge in [0.05, 0.1) is 39.8 Å². The Kier molecular flexibility index (Phi) is 13.7. The van der Waals surface area contributed by atoms with Crippen LogP contribution in [0.25, 0.3) is 44.4 Å². The van der Waals surface area contributed by atoms with E-state index in [2.05, 4.69) is 0 Å². The molecule has 0 saturated heterocycles. The fourth-order valence-electron chi connectivity index (χ4n) is 8.04. The van der Waals surface area contributed by atoms with Gasteiger partial charge in [0.1, 0.15) is 47.4 Å². The van der Waals surface area contributed by atoms with Crippen LogP contribution in [0, 0.1) is 0 Å². The smallest absolute Gasteiger partial charge is 0.200 e. The molecule has 0 saturated carbocycles. The molecule has 2 aliphatic heterocycles. The van der Waals surface area contributed by atoms with Gasteiger partial charge in [0.25, 0.3) is 0 Å². The average Bonchev–Trinajstić information content (AvgIpc) is 3.41. The zero-order chi connectivity index (χ0) is 46.7. The van der Waals surface area contributed by atoms with Gasteiger partial charge >= 0.3 is 0 Å². The van der Waals surface area contributed by atoms with Crippen molar-refractivity contribution in [1.29, 1.82) is 0 Å². The Morgan fingerprint density at radius 3 is 1.66 bits per heavy atom. The molecular formula is C60H44O8. The third-order valence-corrected chi connectivity index (χ3v) is 11.5. The first-order valence-electron chi connectivity index (χ1n) is 22.2. The molecule has 332 valence electrons. The molecule has 8 nitrogen and oxygen atoms in total. The van der Waals surface area contributed by atoms with Gasteiger partial charge in [0, 0.05) is 11.6 Å². The van der Waals surface area contributed by atoms with Crippen LogP contribution >= 0.6 is 0 Å². The lowest BCUT2D eigenvalue weighted by molar-refractivity contribution is 0.0848. The first-order valence-corrected chi connectivity index (χ1v) is 22.2. The maximum absolute atomic E-state index is 12.3. The van der Waals surface area contributed by atoms with Gasteiger partial charge in [-0.05, 0) is 65.2 Å². The molecule has 0 radical (unpaired) electrons. The van der Waals surface area contributed by atoms with Crippen molar-refractivity contribution in [2.45, 2.75) is 18.4 Å². The average molecular weight is 893 g/mol. The van der Waals surface area contributed by atoms with Gasteiger partial charge in [0.2, 0.25) is 0 Å². The third kappa shape index (κ3) is 10.2. The molecule has 10 aromatic rings. The van der Waals surface area contributed by atoms with Crippen molar-refractivity contribution in [3.63, 3.8) is 0 Å². The zero-order valence-electron chi connectivity index (χ0n) is 36.8. The molecule has 8 heteroatoms. The number of ketones is 2. The number of fused-ring (bicyclic) bond motifs is 4. The highest BCUT2D eigenvalue weighted by Gasteiger charge is 2.30. The first-order chi connectivity index (χ1) is 33.4. The largest absolute Gasteiger partial charge is 0.492 e. The fraction of sp³-hybridized carbons (Fsp3) is 0.0667. The quantitative estimate of drug-likeness (QED) is 0.172. The van der Waals surface area contributed by atoms with Crippen LogP contribution in [0.4, 0.5) is 0 Å². The zero-order valence-corrected chi connectivity index (χ0v) is 36.8. The second-order valence-corrected chi connectivity index (χ2v) is 16.0. The van der Waals surface area contributed by atoms with Gasteiger partial charge < -0.3 is 18.3 Å². The van der Waals surface area contributed by atoms with Crippen LogP contribution in [-0.4, -0.2) is 18.2 Å². The predicted molar refractivity (Wildman–Crippen MR) is 266 cm³/mol. The summed E-state index contributed by atoms with van der Waals surface area (Å²) in [6.45, 7) is 0.430. The highest BCUT2D eigenvalue weighted by molar-refractivity contribution is 6.04. The maximum atomic E-state index is 12.3. The van der Waals surface area contributed by atoms with Crippen LogP contribution in [0.15, 0.2) is 249 Å². The molecule has 2 aliphatic rings. The van der Waals surface area contributed by atoms with Crippen molar-refractivity contribution in [2.24, 2.45) is 0 Å². The van der Waals surface area contributed by atoms with Crippen LogP contribution < -0.4 is 20.3 Å². The lowest BCUT2D eigenvalue weighted by Crippen LogP contribution is -2.25. The van der Waals surface area contributed by atoms with Gasteiger partial charge in [-0.2, -0.15) is 0 Å². The minimum absolute atomic E-state index is 0.00861. The lowest BCUT2D eigenvalue weighted by Gasteiger charge is -2.25. The number of rotatable bonds is 4. The Morgan fingerprint density at radius 1 is 0.441 bits per heavy atom. The Morgan fingerprint density at radius 2 is 0.971 bits per heavy atom. The van der Waals surface area contributed by atoms with E-state index in [1.54, 1.807) is 18.2 Å². The van der Waals surface area contributed by atoms with E-state index < -0.39 is 0 Å². The predicted octanol–water partition coefficient (Wildman–Crippen LogP) is 13.4. The maximum Gasteiger partial charge on any atom is 0.200 e. The summed E-state index contributed by atoms with van der Waals surface area (Å²) in [6, 6.07) is 69.8. The van der Waals surface area contributed by atoms with Gasteiger partial charge in [-0.25, -0.2) is 0 Å². The van der Waals surface area contributed by atoms with Crippen molar-refractivity contribution in [1.82, 2.24) is 0 Å². The van der Waals surface area contributed by atoms with Gasteiger partial charge in [0.15, 0.2) is 22.4 Å². The molecule has 12 rings (SSSR count). The second kappa shape index (κ2) is 21.0. The number of benzene rings is 8. The van der Waals surface area contributed by atoms with Crippen LogP contribution in [-0.2, 0) is 0 Å². The van der Waals surface area contributed by atoms with E-state index in [0.717, 1.165) is 22.3 Å². The van der Waals surface area contributed by atoms with Gasteiger partial charge in [-0.3, -0.25) is 19.2 Å². The molecular weight excluding hydrogens is 849 g/mol. The molecule has 4 heterocycles. The van der Waals surface area contributed by atoms with Gasteiger partial charge in [-0.1, -0.05) is 170 Å². The lowest BCUT2D eigenvalue weighted by atomic mass is 9.89. The Labute approximate surface area is 392 Å². The molecule has 2 unspecified atom stereocenters. The van der Waals surface area contributed by atoms with Crippen LogP contribution in [0.1, 0.15) is 50.3 Å². The summed E-state index contributed by atoms with van der Waals surface area (Å²) in [5, 5.41) is 1.24. The van der Waals surface area contributed by atoms with Gasteiger partial charge in [-0.15, -0.1) is 0 Å². The standard InChI is InChI=1S/C15H12O2.C15H10O2.C15H12O2.C15H10O2/c2*16-13-10-15(11-6-2-1-3-7-11)17-14-9-5-4-8-12(13)14;2*16-15-12-8-4-5-9-14(12)17-10-13(15)11-6-2-1-3-7-11/h1-9,15H,10H2;1-10H;1-9,13H,10H2;1-10H. The Hall–Kier alpha value is -8.88. The number of ether oxygens (including phenoxy) is 2. The van der Waals surface area contributed by atoms with E-state index >= 15 is 0 Å². The van der Waals surface area contributed by atoms with E-state index in [9.17, 15) is 19.2 Å². The molecule has 8 aromatic carbocycles. The Bertz CT molecular complexity index is 3440. The van der Waals surface area contributed by atoms with Crippen LogP contribution in [0.3, 0.4) is 0 Å². The molecule has 2 aromatic heterocycles. The molecule has 0 fully saturated rings. The SMILES string of the molecule is O=C1CC(c2ccccc2)Oc2ccccc21.O=C1c2ccccc2OCC1c1ccccc1.O=c1c(-c2ccccc2)coc2ccccc12.O=c1cc(-c2ccccc2)oc2ccccc12. The highest BCUT2D eigenvalue weighted by Crippen LogP contribution is 2.35. The summed E-state index contributed by atoms with van der Waals surface area (Å²) in [7, 11) is 0. The summed E-state index contributed by atoms with van der Waals surface area (Å²) in [5.74, 6) is 2.13. The summed E-state index contributed by atoms with van der Waals surface area (Å²) >= 11 is 0. The van der Waals surface area contributed by atoms with E-state index in [-0.39, 0.29) is 34.4 Å². The molecule has 2 atom stereocenters. The molecule has 0 aliphatic carbocycles. The van der Waals surface area contributed by atoms with Crippen molar-refractivity contribution < 1.29 is 27.9 Å². The van der Waals surface area contributed by atoms with E-state index in [0.29, 0.717) is 68.9 Å². The summed E-state index contributed by atoms with van der Waals surface area (Å²) in [5.41, 5.74) is 7.10. The molecule has 0 amide bonds. The molecule has 68 heavy (non-hydrogen) atoms. The summed E-state index contributed by atoms with van der Waals surface area (Å²) in [6.07, 6.45) is 1.79. The number of para-hydroxylation sites is 4. The normalized spacial score (nSPS) is 14.5. The number of hydrogen-bond acceptors (Lipinski definition) is 8. The number of hydrogen-bond donors (Lipinski definition) is 0. The van der Waals surface area contributed by atoms with Crippen molar-refractivity contribution >= 4 is 33.5 Å². The van der Waals surface area contributed by atoms with Crippen molar-refractivity contribution in [2.75, 3.05) is 6.61 Å². The molecule has 0 N–H and O–H groups in total. The van der Waals surface area contributed by atoms with Crippen molar-refractivity contribution in [3.05, 3.63) is 273 Å². The topological polar surface area (TPSA) is 113 Å². The number of Topliss-reactive ketones (excluding diaryl/α,β-unsaturated/α-hetero) is 2. The van der Waals surface area contributed by atoms with E-state index in [1.165, 1.54) is 12.3 Å². The summed E-state index contributed by atoms with van der Waals surface area (Å²) < 4.78 is 22.7.